The minimum absolute atomic E-state index is 0.265. The fraction of sp³-hybridized carbons (Fsp3) is 0.250. The van der Waals surface area contributed by atoms with Crippen LogP contribution in [0.15, 0.2) is 60.8 Å². The molecule has 0 atom stereocenters. The Balaban J connectivity index is 1.72. The number of hydrogen-bond acceptors (Lipinski definition) is 4. The summed E-state index contributed by atoms with van der Waals surface area (Å²) >= 11 is 0. The molecular weight excluding hydrogens is 371 g/mol. The number of anilines is 1. The van der Waals surface area contributed by atoms with Gasteiger partial charge in [0.1, 0.15) is 5.75 Å². The molecule has 0 unspecified atom stereocenters. The van der Waals surface area contributed by atoms with Gasteiger partial charge in [-0.25, -0.2) is 4.68 Å². The van der Waals surface area contributed by atoms with Gasteiger partial charge in [0.2, 0.25) is 0 Å². The van der Waals surface area contributed by atoms with E-state index in [9.17, 15) is 13.2 Å². The van der Waals surface area contributed by atoms with E-state index in [0.717, 1.165) is 24.5 Å². The minimum Gasteiger partial charge on any atom is -0.406 e. The quantitative estimate of drug-likeness (QED) is 0.668. The van der Waals surface area contributed by atoms with Crippen molar-refractivity contribution >= 4 is 5.69 Å². The van der Waals surface area contributed by atoms with Gasteiger partial charge in [0.05, 0.1) is 36.5 Å². The zero-order valence-corrected chi connectivity index (χ0v) is 14.9. The molecule has 5 nitrogen and oxygen atoms in total. The average molecular weight is 389 g/mol. The predicted molar refractivity (Wildman–Crippen MR) is 98.7 cm³/mol. The largest absolute Gasteiger partial charge is 0.573 e. The fourth-order valence-corrected chi connectivity index (χ4v) is 3.28. The lowest BCUT2D eigenvalue weighted by atomic mass is 10.1. The third-order valence-electron chi connectivity index (χ3n) is 4.47. The summed E-state index contributed by atoms with van der Waals surface area (Å²) in [4.78, 5) is 2.22. The van der Waals surface area contributed by atoms with Gasteiger partial charge < -0.3 is 14.4 Å². The molecule has 0 spiro atoms. The van der Waals surface area contributed by atoms with E-state index in [-0.39, 0.29) is 5.75 Å². The van der Waals surface area contributed by atoms with Gasteiger partial charge in [-0.1, -0.05) is 24.3 Å². The van der Waals surface area contributed by atoms with E-state index >= 15 is 0 Å². The first-order chi connectivity index (χ1) is 13.5. The maximum Gasteiger partial charge on any atom is 0.573 e. The summed E-state index contributed by atoms with van der Waals surface area (Å²) in [5.74, 6) is -0.265. The Morgan fingerprint density at radius 2 is 1.68 bits per heavy atom. The normalized spacial score (nSPS) is 14.9. The summed E-state index contributed by atoms with van der Waals surface area (Å²) in [5.41, 5.74) is 3.11. The molecule has 0 N–H and O–H groups in total. The highest BCUT2D eigenvalue weighted by atomic mass is 19.4. The lowest BCUT2D eigenvalue weighted by Gasteiger charge is -2.30. The molecule has 0 radical (unpaired) electrons. The molecule has 146 valence electrons. The molecule has 2 aromatic carbocycles. The number of hydrogen-bond donors (Lipinski definition) is 0. The first-order valence-electron chi connectivity index (χ1n) is 8.83. The highest BCUT2D eigenvalue weighted by Gasteiger charge is 2.31. The molecular formula is C20H18F3N3O2. The first kappa shape index (κ1) is 18.4. The maximum atomic E-state index is 12.6. The molecule has 8 heteroatoms. The van der Waals surface area contributed by atoms with Crippen LogP contribution in [0.5, 0.6) is 5.75 Å². The second-order valence-corrected chi connectivity index (χ2v) is 6.29. The molecule has 28 heavy (non-hydrogen) atoms. The number of benzene rings is 2. The third kappa shape index (κ3) is 3.96. The van der Waals surface area contributed by atoms with Crippen molar-refractivity contribution < 1.29 is 22.6 Å². The molecule has 2 heterocycles. The van der Waals surface area contributed by atoms with Gasteiger partial charge in [-0.05, 0) is 30.3 Å². The number of alkyl halides is 3. The average Bonchev–Trinajstić information content (AvgIpc) is 3.17. The van der Waals surface area contributed by atoms with Gasteiger partial charge in [0, 0.05) is 18.7 Å². The fourth-order valence-electron chi connectivity index (χ4n) is 3.28. The third-order valence-corrected chi connectivity index (χ3v) is 4.47. The molecule has 0 bridgehead atoms. The Labute approximate surface area is 159 Å². The number of ether oxygens (including phenoxy) is 2. The first-order valence-corrected chi connectivity index (χ1v) is 8.83. The van der Waals surface area contributed by atoms with Crippen LogP contribution in [0.2, 0.25) is 0 Å². The van der Waals surface area contributed by atoms with E-state index in [2.05, 4.69) is 14.7 Å². The van der Waals surface area contributed by atoms with Crippen LogP contribution in [0.3, 0.4) is 0 Å². The molecule has 1 aliphatic heterocycles. The Hall–Kier alpha value is -3.00. The number of rotatable bonds is 4. The van der Waals surface area contributed by atoms with Crippen LogP contribution in [-0.4, -0.2) is 42.4 Å². The molecule has 1 saturated heterocycles. The van der Waals surface area contributed by atoms with Gasteiger partial charge >= 0.3 is 6.36 Å². The van der Waals surface area contributed by atoms with Crippen molar-refractivity contribution in [1.82, 2.24) is 9.78 Å². The van der Waals surface area contributed by atoms with Gasteiger partial charge in [0.15, 0.2) is 0 Å². The van der Waals surface area contributed by atoms with Crippen LogP contribution in [0, 0.1) is 0 Å². The van der Waals surface area contributed by atoms with E-state index in [1.165, 1.54) is 18.2 Å². The summed E-state index contributed by atoms with van der Waals surface area (Å²) in [7, 11) is 0. The van der Waals surface area contributed by atoms with Crippen molar-refractivity contribution in [2.45, 2.75) is 6.36 Å². The minimum atomic E-state index is -4.73. The summed E-state index contributed by atoms with van der Waals surface area (Å²) in [6, 6.07) is 15.5. The summed E-state index contributed by atoms with van der Waals surface area (Å²) < 4.78 is 48.9. The maximum absolute atomic E-state index is 12.6. The lowest BCUT2D eigenvalue weighted by molar-refractivity contribution is -0.274. The van der Waals surface area contributed by atoms with Crippen molar-refractivity contribution in [3.8, 4) is 22.7 Å². The number of halogens is 3. The monoisotopic (exact) mass is 389 g/mol. The highest BCUT2D eigenvalue weighted by molar-refractivity contribution is 5.69. The van der Waals surface area contributed by atoms with Crippen molar-refractivity contribution in [2.24, 2.45) is 0 Å². The standard InChI is InChI=1S/C20H18F3N3O2/c21-20(22,23)28-16-5-3-4-15(14-16)17-8-9-24-26(17)19-7-2-1-6-18(19)25-10-12-27-13-11-25/h1-9,14H,10-13H2. The Morgan fingerprint density at radius 1 is 0.929 bits per heavy atom. The van der Waals surface area contributed by atoms with Crippen LogP contribution in [0.1, 0.15) is 0 Å². The number of nitrogens with zero attached hydrogens (tertiary/aromatic N) is 3. The van der Waals surface area contributed by atoms with Gasteiger partial charge in [-0.2, -0.15) is 5.10 Å². The topological polar surface area (TPSA) is 39.5 Å². The number of morpholine rings is 1. The van der Waals surface area contributed by atoms with E-state index in [4.69, 9.17) is 4.74 Å². The van der Waals surface area contributed by atoms with Crippen LogP contribution in [0.25, 0.3) is 16.9 Å². The predicted octanol–water partition coefficient (Wildman–Crippen LogP) is 4.27. The second kappa shape index (κ2) is 7.55. The molecule has 1 fully saturated rings. The van der Waals surface area contributed by atoms with Crippen molar-refractivity contribution in [3.63, 3.8) is 0 Å². The van der Waals surface area contributed by atoms with Crippen molar-refractivity contribution in [2.75, 3.05) is 31.2 Å². The number of para-hydroxylation sites is 2. The van der Waals surface area contributed by atoms with Crippen LogP contribution in [-0.2, 0) is 4.74 Å². The van der Waals surface area contributed by atoms with Gasteiger partial charge in [-0.15, -0.1) is 13.2 Å². The molecule has 0 aliphatic carbocycles. The SMILES string of the molecule is FC(F)(F)Oc1cccc(-c2ccnn2-c2ccccc2N2CCOCC2)c1. The molecule has 1 aliphatic rings. The van der Waals surface area contributed by atoms with Gasteiger partial charge in [-0.3, -0.25) is 0 Å². The number of aromatic nitrogens is 2. The van der Waals surface area contributed by atoms with Crippen molar-refractivity contribution in [1.29, 1.82) is 0 Å². The van der Waals surface area contributed by atoms with Crippen LogP contribution in [0.4, 0.5) is 18.9 Å². The van der Waals surface area contributed by atoms with Crippen LogP contribution >= 0.6 is 0 Å². The zero-order chi connectivity index (χ0) is 19.6. The Bertz CT molecular complexity index is 950. The van der Waals surface area contributed by atoms with E-state index in [1.807, 2.05) is 24.3 Å². The molecule has 0 saturated carbocycles. The Kier molecular flexibility index (Phi) is 4.95. The summed E-state index contributed by atoms with van der Waals surface area (Å²) in [5, 5.41) is 4.42. The summed E-state index contributed by atoms with van der Waals surface area (Å²) in [6.45, 7) is 2.83. The highest BCUT2D eigenvalue weighted by Crippen LogP contribution is 2.32. The zero-order valence-electron chi connectivity index (χ0n) is 14.9. The Morgan fingerprint density at radius 3 is 2.43 bits per heavy atom. The summed E-state index contributed by atoms with van der Waals surface area (Å²) in [6.07, 6.45) is -3.11. The molecule has 4 rings (SSSR count). The molecule has 1 aromatic heterocycles. The smallest absolute Gasteiger partial charge is 0.406 e. The molecule has 3 aromatic rings. The van der Waals surface area contributed by atoms with Gasteiger partial charge in [0.25, 0.3) is 0 Å². The van der Waals surface area contributed by atoms with E-state index in [1.54, 1.807) is 23.0 Å². The van der Waals surface area contributed by atoms with E-state index < -0.39 is 6.36 Å². The van der Waals surface area contributed by atoms with Crippen LogP contribution < -0.4 is 9.64 Å². The lowest BCUT2D eigenvalue weighted by Crippen LogP contribution is -2.36. The molecule has 0 amide bonds. The van der Waals surface area contributed by atoms with Crippen molar-refractivity contribution in [3.05, 3.63) is 60.8 Å². The van der Waals surface area contributed by atoms with E-state index in [0.29, 0.717) is 24.5 Å². The second-order valence-electron chi connectivity index (χ2n) is 6.29.